The summed E-state index contributed by atoms with van der Waals surface area (Å²) in [4.78, 5) is 37.3. The Hall–Kier alpha value is -3.26. The number of rotatable bonds is 6. The van der Waals surface area contributed by atoms with Crippen molar-refractivity contribution in [1.82, 2.24) is 4.90 Å². The Bertz CT molecular complexity index is 1050. The SMILES string of the molecule is COc1cc(C=C2SC(=O)N(C)C2=O)ccc1OCC(=O)Nc1cc(C)ccc1C. The van der Waals surface area contributed by atoms with E-state index in [9.17, 15) is 14.4 Å². The Kier molecular flexibility index (Phi) is 6.47. The van der Waals surface area contributed by atoms with Gasteiger partial charge in [-0.3, -0.25) is 19.3 Å². The van der Waals surface area contributed by atoms with Crippen molar-refractivity contribution in [2.24, 2.45) is 0 Å². The van der Waals surface area contributed by atoms with Crippen molar-refractivity contribution in [2.75, 3.05) is 26.1 Å². The van der Waals surface area contributed by atoms with Crippen LogP contribution in [0.2, 0.25) is 0 Å². The van der Waals surface area contributed by atoms with Crippen LogP contribution in [0.25, 0.3) is 6.08 Å². The highest BCUT2D eigenvalue weighted by Gasteiger charge is 2.31. The Balaban J connectivity index is 1.68. The number of methoxy groups -OCH3 is 1. The van der Waals surface area contributed by atoms with Gasteiger partial charge in [0.05, 0.1) is 12.0 Å². The monoisotopic (exact) mass is 426 g/mol. The molecule has 1 aliphatic rings. The van der Waals surface area contributed by atoms with E-state index in [1.165, 1.54) is 14.2 Å². The smallest absolute Gasteiger partial charge is 0.293 e. The van der Waals surface area contributed by atoms with E-state index in [1.54, 1.807) is 24.3 Å². The highest BCUT2D eigenvalue weighted by molar-refractivity contribution is 8.18. The van der Waals surface area contributed by atoms with Gasteiger partial charge in [0.1, 0.15) is 0 Å². The summed E-state index contributed by atoms with van der Waals surface area (Å²) in [5.41, 5.74) is 3.44. The summed E-state index contributed by atoms with van der Waals surface area (Å²) in [5.74, 6) is 0.187. The van der Waals surface area contributed by atoms with Gasteiger partial charge in [-0.25, -0.2) is 0 Å². The zero-order valence-electron chi connectivity index (χ0n) is 17.1. The molecule has 0 unspecified atom stereocenters. The lowest BCUT2D eigenvalue weighted by Gasteiger charge is -2.13. The summed E-state index contributed by atoms with van der Waals surface area (Å²) in [6.07, 6.45) is 1.62. The fourth-order valence-corrected chi connectivity index (χ4v) is 3.62. The largest absolute Gasteiger partial charge is 0.493 e. The second-order valence-electron chi connectivity index (χ2n) is 6.81. The molecule has 7 nitrogen and oxygen atoms in total. The molecule has 1 saturated heterocycles. The van der Waals surface area contributed by atoms with Crippen molar-refractivity contribution in [3.8, 4) is 11.5 Å². The van der Waals surface area contributed by atoms with Crippen molar-refractivity contribution in [3.63, 3.8) is 0 Å². The maximum atomic E-state index is 12.3. The number of hydrogen-bond acceptors (Lipinski definition) is 6. The van der Waals surface area contributed by atoms with E-state index in [4.69, 9.17) is 9.47 Å². The molecule has 0 spiro atoms. The number of nitrogens with zero attached hydrogens (tertiary/aromatic N) is 1. The third kappa shape index (κ3) is 4.83. The van der Waals surface area contributed by atoms with E-state index >= 15 is 0 Å². The van der Waals surface area contributed by atoms with Crippen LogP contribution in [-0.2, 0) is 9.59 Å². The third-order valence-electron chi connectivity index (χ3n) is 4.50. The molecular weight excluding hydrogens is 404 g/mol. The minimum absolute atomic E-state index is 0.183. The number of hydrogen-bond donors (Lipinski definition) is 1. The standard InChI is InChI=1S/C22H22N2O5S/c1-13-5-6-14(2)16(9-13)23-20(25)12-29-17-8-7-15(10-18(17)28-4)11-19-21(26)24(3)22(27)30-19/h5-11H,12H2,1-4H3,(H,23,25). The first-order valence-electron chi connectivity index (χ1n) is 9.18. The quantitative estimate of drug-likeness (QED) is 0.703. The van der Waals surface area contributed by atoms with Gasteiger partial charge in [0.2, 0.25) is 0 Å². The number of carbonyl (C=O) groups excluding carboxylic acids is 3. The molecule has 0 bridgehead atoms. The van der Waals surface area contributed by atoms with Gasteiger partial charge < -0.3 is 14.8 Å². The number of ether oxygens (including phenoxy) is 2. The molecule has 1 heterocycles. The Morgan fingerprint density at radius 3 is 2.57 bits per heavy atom. The molecule has 3 amide bonds. The molecule has 156 valence electrons. The number of aryl methyl sites for hydroxylation is 2. The average Bonchev–Trinajstić information content (AvgIpc) is 2.96. The van der Waals surface area contributed by atoms with Crippen molar-refractivity contribution in [1.29, 1.82) is 0 Å². The molecule has 8 heteroatoms. The number of anilines is 1. The molecule has 1 fully saturated rings. The molecule has 30 heavy (non-hydrogen) atoms. The zero-order valence-corrected chi connectivity index (χ0v) is 18.0. The van der Waals surface area contributed by atoms with Crippen LogP contribution < -0.4 is 14.8 Å². The molecule has 3 rings (SSSR count). The van der Waals surface area contributed by atoms with Crippen molar-refractivity contribution >= 4 is 40.6 Å². The Morgan fingerprint density at radius 1 is 1.13 bits per heavy atom. The van der Waals surface area contributed by atoms with Gasteiger partial charge in [-0.05, 0) is 66.6 Å². The summed E-state index contributed by atoms with van der Waals surface area (Å²) in [6, 6.07) is 10.9. The van der Waals surface area contributed by atoms with Crippen LogP contribution in [0.15, 0.2) is 41.3 Å². The van der Waals surface area contributed by atoms with Crippen LogP contribution in [0, 0.1) is 13.8 Å². The second kappa shape index (κ2) is 9.04. The molecule has 2 aromatic rings. The first-order chi connectivity index (χ1) is 14.3. The minimum atomic E-state index is -0.340. The van der Waals surface area contributed by atoms with Crippen LogP contribution in [-0.4, -0.2) is 42.7 Å². The fourth-order valence-electron chi connectivity index (χ4n) is 2.79. The Labute approximate surface area is 179 Å². The fraction of sp³-hybridized carbons (Fsp3) is 0.227. The zero-order chi connectivity index (χ0) is 21.8. The highest BCUT2D eigenvalue weighted by Crippen LogP contribution is 2.33. The molecule has 0 atom stereocenters. The van der Waals surface area contributed by atoms with Crippen LogP contribution in [0.1, 0.15) is 16.7 Å². The van der Waals surface area contributed by atoms with Crippen LogP contribution in [0.3, 0.4) is 0 Å². The molecule has 0 saturated carbocycles. The summed E-state index contributed by atoms with van der Waals surface area (Å²) in [5, 5.41) is 2.53. The number of carbonyl (C=O) groups is 3. The number of benzene rings is 2. The number of thioether (sulfide) groups is 1. The van der Waals surface area contributed by atoms with Crippen LogP contribution in [0.5, 0.6) is 11.5 Å². The first-order valence-corrected chi connectivity index (χ1v) is 9.99. The lowest BCUT2D eigenvalue weighted by atomic mass is 10.1. The topological polar surface area (TPSA) is 84.9 Å². The van der Waals surface area contributed by atoms with Gasteiger partial charge in [0.15, 0.2) is 18.1 Å². The molecule has 2 aromatic carbocycles. The van der Waals surface area contributed by atoms with E-state index in [2.05, 4.69) is 5.32 Å². The van der Waals surface area contributed by atoms with Crippen LogP contribution in [0.4, 0.5) is 10.5 Å². The van der Waals surface area contributed by atoms with Gasteiger partial charge in [-0.1, -0.05) is 18.2 Å². The third-order valence-corrected chi connectivity index (χ3v) is 5.46. The molecular formula is C22H22N2O5S. The summed E-state index contributed by atoms with van der Waals surface area (Å²) < 4.78 is 11.0. The van der Waals surface area contributed by atoms with Gasteiger partial charge in [-0.15, -0.1) is 0 Å². The lowest BCUT2D eigenvalue weighted by Crippen LogP contribution is -2.22. The van der Waals surface area contributed by atoms with E-state index in [1.807, 2.05) is 32.0 Å². The maximum Gasteiger partial charge on any atom is 0.293 e. The molecule has 0 aromatic heterocycles. The Morgan fingerprint density at radius 2 is 1.90 bits per heavy atom. The molecule has 1 aliphatic heterocycles. The maximum absolute atomic E-state index is 12.3. The number of nitrogens with one attached hydrogen (secondary N) is 1. The van der Waals surface area contributed by atoms with E-state index in [0.717, 1.165) is 33.5 Å². The summed E-state index contributed by atoms with van der Waals surface area (Å²) in [6.45, 7) is 3.70. The predicted molar refractivity (Wildman–Crippen MR) is 117 cm³/mol. The second-order valence-corrected chi connectivity index (χ2v) is 7.80. The average molecular weight is 426 g/mol. The first kappa shape index (κ1) is 21.4. The van der Waals surface area contributed by atoms with Crippen molar-refractivity contribution in [3.05, 3.63) is 58.0 Å². The van der Waals surface area contributed by atoms with Gasteiger partial charge >= 0.3 is 0 Å². The van der Waals surface area contributed by atoms with Crippen molar-refractivity contribution in [2.45, 2.75) is 13.8 Å². The molecule has 0 aliphatic carbocycles. The molecule has 0 radical (unpaired) electrons. The number of amides is 3. The number of imide groups is 1. The number of likely N-dealkylation sites (N-methyl/N-ethyl adjacent to an activating group) is 1. The minimum Gasteiger partial charge on any atom is -0.493 e. The van der Waals surface area contributed by atoms with E-state index in [0.29, 0.717) is 22.0 Å². The normalized spacial score (nSPS) is 14.9. The summed E-state index contributed by atoms with van der Waals surface area (Å²) >= 11 is 0.885. The van der Waals surface area contributed by atoms with E-state index < -0.39 is 0 Å². The summed E-state index contributed by atoms with van der Waals surface area (Å²) in [7, 11) is 2.93. The van der Waals surface area contributed by atoms with E-state index in [-0.39, 0.29) is 23.7 Å². The lowest BCUT2D eigenvalue weighted by molar-refractivity contribution is -0.121. The predicted octanol–water partition coefficient (Wildman–Crippen LogP) is 4.00. The molecule has 1 N–H and O–H groups in total. The van der Waals surface area contributed by atoms with Gasteiger partial charge in [0, 0.05) is 12.7 Å². The van der Waals surface area contributed by atoms with Gasteiger partial charge in [-0.2, -0.15) is 0 Å². The van der Waals surface area contributed by atoms with Crippen LogP contribution >= 0.6 is 11.8 Å². The van der Waals surface area contributed by atoms with Gasteiger partial charge in [0.25, 0.3) is 17.1 Å². The van der Waals surface area contributed by atoms with Crippen molar-refractivity contribution < 1.29 is 23.9 Å². The highest BCUT2D eigenvalue weighted by atomic mass is 32.2.